The van der Waals surface area contributed by atoms with Gasteiger partial charge in [-0.25, -0.2) is 4.98 Å². The highest BCUT2D eigenvalue weighted by Gasteiger charge is 2.33. The predicted octanol–water partition coefficient (Wildman–Crippen LogP) is 3.38. The van der Waals surface area contributed by atoms with Gasteiger partial charge < -0.3 is 15.1 Å². The van der Waals surface area contributed by atoms with Crippen LogP contribution in [0.15, 0.2) is 39.9 Å². The number of oxazole rings is 1. The van der Waals surface area contributed by atoms with Crippen molar-refractivity contribution in [1.82, 2.24) is 15.6 Å². The molecule has 0 bridgehead atoms. The number of aliphatic imine (C=N–C) groups is 1. The van der Waals surface area contributed by atoms with Gasteiger partial charge in [0, 0.05) is 31.6 Å². The first-order valence-electron chi connectivity index (χ1n) is 8.14. The van der Waals surface area contributed by atoms with Crippen LogP contribution in [0.1, 0.15) is 24.6 Å². The summed E-state index contributed by atoms with van der Waals surface area (Å²) in [4.78, 5) is 8.80. The molecule has 2 N–H and O–H groups in total. The first-order valence-corrected chi connectivity index (χ1v) is 8.14. The Kier molecular flexibility index (Phi) is 6.65. The van der Waals surface area contributed by atoms with Crippen molar-refractivity contribution >= 4 is 29.9 Å². The second-order valence-corrected chi connectivity index (χ2v) is 6.22. The number of nitrogens with one attached hydrogen (secondary N) is 2. The fraction of sp³-hybridized carbons (Fsp3) is 0.444. The molecule has 3 rings (SSSR count). The standard InChI is InChI=1S/C18H24N4O.HI/c1-12-4-6-14(7-5-12)17-21-15(11-23-17)8-9-20-18(19-3)22-16-10-13(16)2;/h4-7,11,13,16H,8-10H2,1-3H3,(H2,19,20,22);1H. The topological polar surface area (TPSA) is 62.5 Å². The minimum atomic E-state index is 0. The third kappa shape index (κ3) is 4.96. The van der Waals surface area contributed by atoms with Crippen molar-refractivity contribution in [2.24, 2.45) is 10.9 Å². The average Bonchev–Trinajstić information content (AvgIpc) is 3.05. The second-order valence-electron chi connectivity index (χ2n) is 6.22. The van der Waals surface area contributed by atoms with Crippen LogP contribution in [0.4, 0.5) is 0 Å². The highest BCUT2D eigenvalue weighted by atomic mass is 127. The average molecular weight is 440 g/mol. The van der Waals surface area contributed by atoms with E-state index in [4.69, 9.17) is 4.42 Å². The molecule has 5 nitrogen and oxygen atoms in total. The Morgan fingerprint density at radius 1 is 1.33 bits per heavy atom. The first kappa shape index (κ1) is 18.8. The summed E-state index contributed by atoms with van der Waals surface area (Å²) < 4.78 is 5.58. The summed E-state index contributed by atoms with van der Waals surface area (Å²) in [6.45, 7) is 5.09. The molecule has 1 aromatic carbocycles. The lowest BCUT2D eigenvalue weighted by Gasteiger charge is -2.10. The lowest BCUT2D eigenvalue weighted by molar-refractivity contribution is 0.572. The maximum absolute atomic E-state index is 5.58. The second kappa shape index (κ2) is 8.50. The molecule has 1 aliphatic carbocycles. The van der Waals surface area contributed by atoms with Gasteiger partial charge in [-0.3, -0.25) is 4.99 Å². The zero-order chi connectivity index (χ0) is 16.2. The molecule has 1 aromatic heterocycles. The molecule has 2 aromatic rings. The molecule has 24 heavy (non-hydrogen) atoms. The van der Waals surface area contributed by atoms with Crippen LogP contribution in [0.3, 0.4) is 0 Å². The van der Waals surface area contributed by atoms with E-state index < -0.39 is 0 Å². The molecule has 0 saturated heterocycles. The molecular formula is C18H25IN4O. The van der Waals surface area contributed by atoms with Gasteiger partial charge in [-0.05, 0) is 31.4 Å². The number of guanidine groups is 1. The van der Waals surface area contributed by atoms with Gasteiger partial charge >= 0.3 is 0 Å². The number of aromatic nitrogens is 1. The summed E-state index contributed by atoms with van der Waals surface area (Å²) in [6.07, 6.45) is 3.76. The summed E-state index contributed by atoms with van der Waals surface area (Å²) in [5, 5.41) is 6.73. The van der Waals surface area contributed by atoms with Gasteiger partial charge in [0.25, 0.3) is 0 Å². The fourth-order valence-corrected chi connectivity index (χ4v) is 2.45. The molecular weight excluding hydrogens is 415 g/mol. The van der Waals surface area contributed by atoms with Crippen LogP contribution in [0.5, 0.6) is 0 Å². The molecule has 2 atom stereocenters. The van der Waals surface area contributed by atoms with Crippen LogP contribution in [0.25, 0.3) is 11.5 Å². The number of benzene rings is 1. The zero-order valence-electron chi connectivity index (χ0n) is 14.4. The third-order valence-electron chi connectivity index (χ3n) is 4.18. The van der Waals surface area contributed by atoms with Crippen molar-refractivity contribution in [3.63, 3.8) is 0 Å². The fourth-order valence-electron chi connectivity index (χ4n) is 2.45. The lowest BCUT2D eigenvalue weighted by atomic mass is 10.1. The molecule has 0 aliphatic heterocycles. The quantitative estimate of drug-likeness (QED) is 0.425. The Bertz CT molecular complexity index is 681. The molecule has 1 saturated carbocycles. The van der Waals surface area contributed by atoms with E-state index in [1.165, 1.54) is 12.0 Å². The van der Waals surface area contributed by atoms with E-state index in [0.29, 0.717) is 11.9 Å². The van der Waals surface area contributed by atoms with E-state index in [0.717, 1.165) is 36.1 Å². The van der Waals surface area contributed by atoms with Crippen LogP contribution in [0.2, 0.25) is 0 Å². The molecule has 0 spiro atoms. The van der Waals surface area contributed by atoms with Crippen molar-refractivity contribution in [1.29, 1.82) is 0 Å². The minimum Gasteiger partial charge on any atom is -0.444 e. The highest BCUT2D eigenvalue weighted by molar-refractivity contribution is 14.0. The molecule has 0 radical (unpaired) electrons. The number of nitrogens with zero attached hydrogens (tertiary/aromatic N) is 2. The lowest BCUT2D eigenvalue weighted by Crippen LogP contribution is -2.39. The van der Waals surface area contributed by atoms with Crippen molar-refractivity contribution in [2.45, 2.75) is 32.7 Å². The van der Waals surface area contributed by atoms with Gasteiger partial charge in [0.2, 0.25) is 5.89 Å². The van der Waals surface area contributed by atoms with Crippen LogP contribution in [-0.4, -0.2) is 30.6 Å². The van der Waals surface area contributed by atoms with Crippen molar-refractivity contribution in [2.75, 3.05) is 13.6 Å². The maximum Gasteiger partial charge on any atom is 0.226 e. The molecule has 130 valence electrons. The molecule has 0 amide bonds. The van der Waals surface area contributed by atoms with Crippen molar-refractivity contribution in [3.05, 3.63) is 41.8 Å². The Morgan fingerprint density at radius 2 is 2.04 bits per heavy atom. The molecule has 2 unspecified atom stereocenters. The normalized spacial score (nSPS) is 19.5. The predicted molar refractivity (Wildman–Crippen MR) is 108 cm³/mol. The Morgan fingerprint density at radius 3 is 2.67 bits per heavy atom. The van der Waals surface area contributed by atoms with Gasteiger partial charge in [-0.15, -0.1) is 24.0 Å². The third-order valence-corrected chi connectivity index (χ3v) is 4.18. The molecule has 6 heteroatoms. The number of rotatable bonds is 5. The van der Waals surface area contributed by atoms with Crippen molar-refractivity contribution in [3.8, 4) is 11.5 Å². The summed E-state index contributed by atoms with van der Waals surface area (Å²) >= 11 is 0. The van der Waals surface area contributed by atoms with Gasteiger partial charge in [-0.1, -0.05) is 24.6 Å². The smallest absolute Gasteiger partial charge is 0.226 e. The molecule has 1 aliphatic rings. The van der Waals surface area contributed by atoms with Crippen molar-refractivity contribution < 1.29 is 4.42 Å². The largest absolute Gasteiger partial charge is 0.444 e. The number of halogens is 1. The Labute approximate surface area is 160 Å². The van der Waals surface area contributed by atoms with Crippen LogP contribution < -0.4 is 10.6 Å². The van der Waals surface area contributed by atoms with Gasteiger partial charge in [0.1, 0.15) is 6.26 Å². The number of hydrogen-bond acceptors (Lipinski definition) is 3. The Hall–Kier alpha value is -1.57. The summed E-state index contributed by atoms with van der Waals surface area (Å²) in [5.74, 6) is 2.29. The van der Waals surface area contributed by atoms with E-state index in [9.17, 15) is 0 Å². The SMILES string of the molecule is CN=C(NCCc1coc(-c2ccc(C)cc2)n1)NC1CC1C.I. The van der Waals surface area contributed by atoms with E-state index >= 15 is 0 Å². The summed E-state index contributed by atoms with van der Waals surface area (Å²) in [6, 6.07) is 8.77. The van der Waals surface area contributed by atoms with E-state index in [-0.39, 0.29) is 24.0 Å². The van der Waals surface area contributed by atoms with Crippen LogP contribution in [0, 0.1) is 12.8 Å². The van der Waals surface area contributed by atoms with Gasteiger partial charge in [0.05, 0.1) is 5.69 Å². The summed E-state index contributed by atoms with van der Waals surface area (Å²) in [7, 11) is 1.80. The van der Waals surface area contributed by atoms with E-state index in [1.807, 2.05) is 12.1 Å². The first-order chi connectivity index (χ1) is 11.2. The summed E-state index contributed by atoms with van der Waals surface area (Å²) in [5.41, 5.74) is 3.19. The van der Waals surface area contributed by atoms with Crippen LogP contribution in [-0.2, 0) is 6.42 Å². The van der Waals surface area contributed by atoms with Gasteiger partial charge in [-0.2, -0.15) is 0 Å². The molecule has 1 heterocycles. The monoisotopic (exact) mass is 440 g/mol. The van der Waals surface area contributed by atoms with Crippen LogP contribution >= 0.6 is 24.0 Å². The Balaban J connectivity index is 0.00000208. The maximum atomic E-state index is 5.58. The zero-order valence-corrected chi connectivity index (χ0v) is 16.7. The number of aryl methyl sites for hydroxylation is 1. The minimum absolute atomic E-state index is 0. The molecule has 1 fully saturated rings. The number of hydrogen-bond donors (Lipinski definition) is 2. The van der Waals surface area contributed by atoms with E-state index in [2.05, 4.69) is 46.6 Å². The van der Waals surface area contributed by atoms with E-state index in [1.54, 1.807) is 13.3 Å². The highest BCUT2D eigenvalue weighted by Crippen LogP contribution is 2.28. The van der Waals surface area contributed by atoms with Gasteiger partial charge in [0.15, 0.2) is 5.96 Å².